The van der Waals surface area contributed by atoms with E-state index in [4.69, 9.17) is 10.3 Å². The third kappa shape index (κ3) is 4.80. The molecule has 11 heteroatoms. The molecule has 4 N–H and O–H groups in total. The second kappa shape index (κ2) is 9.38. The number of hydrogen-bond donors (Lipinski definition) is 3. The summed E-state index contributed by atoms with van der Waals surface area (Å²) >= 11 is -1.89. The molecule has 0 fully saturated rings. The molecule has 3 aromatic rings. The van der Waals surface area contributed by atoms with Gasteiger partial charge in [0.1, 0.15) is 17.2 Å². The molecule has 0 radical (unpaired) electrons. The second-order valence-corrected chi connectivity index (χ2v) is 9.36. The van der Waals surface area contributed by atoms with Gasteiger partial charge in [0.15, 0.2) is 16.9 Å². The number of aryl methyl sites for hydroxylation is 3. The number of phenolic OH excluding ortho intramolecular Hbond substituents is 1. The summed E-state index contributed by atoms with van der Waals surface area (Å²) in [5.74, 6) is 7.52. The standard InChI is InChI=1S/C22H30N6O4S/c1-11(2)18(16-10-13(4)14(5)32-16)24-20-21(26-33(31)25-20)28(23)15-9-8-12(3)17(19(15)29)22(30)27(6)7/h8-11,18,29H,23H2,1-7H3,(H,24,25)/t18-,33?/m1/s1. The van der Waals surface area contributed by atoms with Gasteiger partial charge in [-0.05, 0) is 49.9 Å². The zero-order valence-electron chi connectivity index (χ0n) is 19.8. The van der Waals surface area contributed by atoms with E-state index in [-0.39, 0.29) is 46.5 Å². The summed E-state index contributed by atoms with van der Waals surface area (Å²) in [5, 5.41) is 15.2. The van der Waals surface area contributed by atoms with Crippen LogP contribution < -0.4 is 16.2 Å². The van der Waals surface area contributed by atoms with Crippen LogP contribution in [0.5, 0.6) is 5.75 Å². The van der Waals surface area contributed by atoms with Gasteiger partial charge >= 0.3 is 0 Å². The van der Waals surface area contributed by atoms with Crippen LogP contribution in [0.3, 0.4) is 0 Å². The van der Waals surface area contributed by atoms with Crippen molar-refractivity contribution in [1.29, 1.82) is 0 Å². The first-order valence-corrected chi connectivity index (χ1v) is 11.5. The summed E-state index contributed by atoms with van der Waals surface area (Å²) in [6.07, 6.45) is 0. The number of carbonyl (C=O) groups excluding carboxylic acids is 1. The molecule has 0 bridgehead atoms. The van der Waals surface area contributed by atoms with Crippen LogP contribution in [0.1, 0.15) is 52.9 Å². The zero-order chi connectivity index (χ0) is 24.6. The minimum absolute atomic E-state index is 0.0707. The highest BCUT2D eigenvalue weighted by Gasteiger charge is 2.30. The number of rotatable bonds is 7. The highest BCUT2D eigenvalue weighted by molar-refractivity contribution is 7.14. The quantitative estimate of drug-likeness (QED) is 0.263. The minimum Gasteiger partial charge on any atom is -0.546 e. The predicted octanol–water partition coefficient (Wildman–Crippen LogP) is 3.95. The van der Waals surface area contributed by atoms with Gasteiger partial charge in [-0.15, -0.1) is 0 Å². The van der Waals surface area contributed by atoms with Crippen molar-refractivity contribution in [3.8, 4) is 5.75 Å². The van der Waals surface area contributed by atoms with Gasteiger partial charge in [0.2, 0.25) is 5.82 Å². The highest BCUT2D eigenvalue weighted by atomic mass is 32.2. The Bertz CT molecular complexity index is 1150. The summed E-state index contributed by atoms with van der Waals surface area (Å²) in [6, 6.07) is 4.90. The van der Waals surface area contributed by atoms with Crippen molar-refractivity contribution in [3.63, 3.8) is 0 Å². The molecule has 178 valence electrons. The maximum atomic E-state index is 12.6. The predicted molar refractivity (Wildman–Crippen MR) is 127 cm³/mol. The third-order valence-corrected chi connectivity index (χ3v) is 6.14. The molecule has 0 aliphatic heterocycles. The zero-order valence-corrected chi connectivity index (χ0v) is 20.6. The topological polar surface area (TPSA) is 144 Å². The van der Waals surface area contributed by atoms with Crippen molar-refractivity contribution < 1.29 is 18.9 Å². The van der Waals surface area contributed by atoms with Crippen LogP contribution in [0.2, 0.25) is 0 Å². The van der Waals surface area contributed by atoms with E-state index in [9.17, 15) is 14.5 Å². The van der Waals surface area contributed by atoms with Crippen LogP contribution in [0, 0.1) is 26.7 Å². The first kappa shape index (κ1) is 24.5. The molecule has 2 atom stereocenters. The Morgan fingerprint density at radius 1 is 1.21 bits per heavy atom. The van der Waals surface area contributed by atoms with Crippen LogP contribution in [-0.4, -0.2) is 43.3 Å². The van der Waals surface area contributed by atoms with Crippen LogP contribution in [0.15, 0.2) is 22.6 Å². The average Bonchev–Trinajstić information content (AvgIpc) is 3.26. The lowest BCUT2D eigenvalue weighted by Gasteiger charge is -2.23. The molecule has 0 saturated carbocycles. The van der Waals surface area contributed by atoms with E-state index in [1.807, 2.05) is 33.8 Å². The van der Waals surface area contributed by atoms with Crippen LogP contribution in [-0.2, 0) is 0 Å². The number of anilines is 3. The number of hydrogen-bond acceptors (Lipinski definition) is 9. The molecule has 0 aliphatic rings. The maximum Gasteiger partial charge on any atom is 0.257 e. The number of carbonyl (C=O) groups is 1. The molecule has 1 aromatic carbocycles. The number of nitrogens with one attached hydrogen (secondary N) is 1. The lowest BCUT2D eigenvalue weighted by molar-refractivity contribution is 0.0824. The number of hydrazine groups is 1. The monoisotopic (exact) mass is 474 g/mol. The van der Waals surface area contributed by atoms with Gasteiger partial charge in [0.25, 0.3) is 11.7 Å². The van der Waals surface area contributed by atoms with Crippen LogP contribution >= 0.6 is 11.1 Å². The van der Waals surface area contributed by atoms with Crippen LogP contribution in [0.25, 0.3) is 0 Å². The van der Waals surface area contributed by atoms with E-state index in [0.29, 0.717) is 11.3 Å². The number of aromatic hydroxyl groups is 1. The summed E-state index contributed by atoms with van der Waals surface area (Å²) < 4.78 is 26.2. The lowest BCUT2D eigenvalue weighted by atomic mass is 10.0. The van der Waals surface area contributed by atoms with E-state index in [1.54, 1.807) is 33.2 Å². The van der Waals surface area contributed by atoms with Crippen molar-refractivity contribution in [2.24, 2.45) is 11.8 Å². The van der Waals surface area contributed by atoms with E-state index in [2.05, 4.69) is 14.1 Å². The number of phenols is 1. The van der Waals surface area contributed by atoms with Gasteiger partial charge in [-0.25, -0.2) is 5.84 Å². The molecular formula is C22H30N6O4S. The molecule has 0 saturated heterocycles. The van der Waals surface area contributed by atoms with E-state index in [1.165, 1.54) is 4.90 Å². The second-order valence-electron chi connectivity index (χ2n) is 8.53. The van der Waals surface area contributed by atoms with Gasteiger partial charge in [-0.2, -0.15) is 0 Å². The Kier molecular flexibility index (Phi) is 6.96. The summed E-state index contributed by atoms with van der Waals surface area (Å²) in [4.78, 5) is 14.0. The number of nitrogens with zero attached hydrogens (tertiary/aromatic N) is 4. The average molecular weight is 475 g/mol. The Balaban J connectivity index is 2.02. The first-order chi connectivity index (χ1) is 15.4. The van der Waals surface area contributed by atoms with E-state index >= 15 is 0 Å². The Labute approximate surface area is 196 Å². The fourth-order valence-corrected chi connectivity index (χ4v) is 4.11. The molecule has 10 nitrogen and oxygen atoms in total. The molecule has 3 rings (SSSR count). The molecule has 1 unspecified atom stereocenters. The normalized spacial score (nSPS) is 12.7. The third-order valence-electron chi connectivity index (χ3n) is 5.47. The number of nitrogens with two attached hydrogens (primary N) is 1. The van der Waals surface area contributed by atoms with Crippen molar-refractivity contribution in [1.82, 2.24) is 13.6 Å². The highest BCUT2D eigenvalue weighted by Crippen LogP contribution is 2.40. The molecule has 2 aromatic heterocycles. The summed E-state index contributed by atoms with van der Waals surface area (Å²) in [5.41, 5.74) is 1.87. The van der Waals surface area contributed by atoms with Gasteiger partial charge < -0.3 is 24.3 Å². The molecule has 2 heterocycles. The Hall–Kier alpha value is -3.15. The van der Waals surface area contributed by atoms with E-state index in [0.717, 1.165) is 16.3 Å². The molecule has 33 heavy (non-hydrogen) atoms. The molecule has 0 aliphatic carbocycles. The van der Waals surface area contributed by atoms with Crippen molar-refractivity contribution in [2.75, 3.05) is 24.4 Å². The largest absolute Gasteiger partial charge is 0.546 e. The van der Waals surface area contributed by atoms with Crippen LogP contribution in [0.4, 0.5) is 17.3 Å². The molecule has 1 amide bonds. The van der Waals surface area contributed by atoms with Crippen molar-refractivity contribution >= 4 is 34.4 Å². The molecular weight excluding hydrogens is 444 g/mol. The summed E-state index contributed by atoms with van der Waals surface area (Å²) in [7, 11) is 3.19. The Morgan fingerprint density at radius 2 is 1.88 bits per heavy atom. The van der Waals surface area contributed by atoms with E-state index < -0.39 is 11.1 Å². The number of benzene rings is 1. The number of aromatic nitrogens is 2. The number of furan rings is 1. The van der Waals surface area contributed by atoms with Gasteiger partial charge in [-0.1, -0.05) is 19.9 Å². The lowest BCUT2D eigenvalue weighted by Crippen LogP contribution is -2.28. The van der Waals surface area contributed by atoms with Gasteiger partial charge in [0.05, 0.1) is 11.6 Å². The first-order valence-electron chi connectivity index (χ1n) is 10.4. The molecule has 0 spiro atoms. The smallest absolute Gasteiger partial charge is 0.257 e. The van der Waals surface area contributed by atoms with Gasteiger partial charge in [0, 0.05) is 22.8 Å². The fourth-order valence-electron chi connectivity index (χ4n) is 3.46. The fraction of sp³-hybridized carbons (Fsp3) is 0.409. The van der Waals surface area contributed by atoms with Crippen molar-refractivity contribution in [3.05, 3.63) is 46.4 Å². The number of amides is 1. The van der Waals surface area contributed by atoms with Gasteiger partial charge in [-0.3, -0.25) is 9.80 Å². The Morgan fingerprint density at radius 3 is 2.42 bits per heavy atom. The van der Waals surface area contributed by atoms with Crippen molar-refractivity contribution in [2.45, 2.75) is 40.7 Å². The summed E-state index contributed by atoms with van der Waals surface area (Å²) in [6.45, 7) is 9.60. The minimum atomic E-state index is -1.89. The SMILES string of the molecule is Cc1cc([C@H](Nc2n[s+]([O-])nc2N(N)c2ccc(C)c(C(=O)N(C)C)c2O)C(C)C)oc1C. The maximum absolute atomic E-state index is 12.6.